The average Bonchev–Trinajstić information content (AvgIpc) is 3.39. The van der Waals surface area contributed by atoms with Gasteiger partial charge in [-0.15, -0.1) is 10.2 Å². The predicted octanol–water partition coefficient (Wildman–Crippen LogP) is 6.89. The number of hydrogen-bond acceptors (Lipinski definition) is 7. The van der Waals surface area contributed by atoms with E-state index < -0.39 is 0 Å². The van der Waals surface area contributed by atoms with Crippen molar-refractivity contribution in [1.82, 2.24) is 15.6 Å². The van der Waals surface area contributed by atoms with Gasteiger partial charge in [-0.3, -0.25) is 4.79 Å². The highest BCUT2D eigenvalue weighted by Crippen LogP contribution is 2.32. The Balaban J connectivity index is 1.08. The van der Waals surface area contributed by atoms with Gasteiger partial charge in [0.05, 0.1) is 12.0 Å². The minimum Gasteiger partial charge on any atom is -0.272 e. The van der Waals surface area contributed by atoms with Crippen LogP contribution in [0.2, 0.25) is 0 Å². The van der Waals surface area contributed by atoms with Crippen LogP contribution in [0.5, 0.6) is 0 Å². The minimum absolute atomic E-state index is 0.183. The van der Waals surface area contributed by atoms with Crippen LogP contribution in [-0.4, -0.2) is 28.1 Å². The Kier molecular flexibility index (Phi) is 8.07. The number of hydrazone groups is 1. The summed E-state index contributed by atoms with van der Waals surface area (Å²) in [5.74, 6) is 0.868. The number of hydrogen-bond donors (Lipinski definition) is 1. The number of thioether (sulfide) groups is 2. The normalized spacial score (nSPS) is 11.2. The van der Waals surface area contributed by atoms with Crippen LogP contribution in [0.25, 0.3) is 21.9 Å². The van der Waals surface area contributed by atoms with E-state index in [0.717, 1.165) is 31.1 Å². The third-order valence-corrected chi connectivity index (χ3v) is 8.61. The van der Waals surface area contributed by atoms with Gasteiger partial charge in [0.2, 0.25) is 0 Å². The number of benzene rings is 4. The van der Waals surface area contributed by atoms with Gasteiger partial charge in [0.1, 0.15) is 0 Å². The van der Waals surface area contributed by atoms with Crippen molar-refractivity contribution >= 4 is 57.8 Å². The summed E-state index contributed by atoms with van der Waals surface area (Å²) in [5.41, 5.74) is 7.07. The molecule has 1 heterocycles. The molecule has 0 unspecified atom stereocenters. The topological polar surface area (TPSA) is 67.2 Å². The van der Waals surface area contributed by atoms with E-state index >= 15 is 0 Å². The molecule has 1 aromatic heterocycles. The monoisotopic (exact) mass is 526 g/mol. The Hall–Kier alpha value is -3.46. The summed E-state index contributed by atoms with van der Waals surface area (Å²) in [6.07, 6.45) is 1.64. The number of carbonyl (C=O) groups is 1. The summed E-state index contributed by atoms with van der Waals surface area (Å²) >= 11 is 4.53. The summed E-state index contributed by atoms with van der Waals surface area (Å²) in [6.45, 7) is 0. The zero-order valence-electron chi connectivity index (χ0n) is 19.2. The molecule has 0 fully saturated rings. The Morgan fingerprint density at radius 2 is 1.50 bits per heavy atom. The summed E-state index contributed by atoms with van der Waals surface area (Å²) < 4.78 is 1.66. The molecule has 0 saturated carbocycles. The predicted molar refractivity (Wildman–Crippen MR) is 152 cm³/mol. The van der Waals surface area contributed by atoms with Crippen molar-refractivity contribution in [3.8, 4) is 11.1 Å². The van der Waals surface area contributed by atoms with E-state index in [1.165, 1.54) is 39.4 Å². The van der Waals surface area contributed by atoms with Gasteiger partial charge in [0, 0.05) is 5.75 Å². The van der Waals surface area contributed by atoms with E-state index in [1.807, 2.05) is 42.5 Å². The lowest BCUT2D eigenvalue weighted by atomic mass is 10.0. The maximum absolute atomic E-state index is 12.2. The van der Waals surface area contributed by atoms with Crippen molar-refractivity contribution in [3.63, 3.8) is 0 Å². The number of aromatic nitrogens is 2. The second kappa shape index (κ2) is 12.0. The molecule has 178 valence electrons. The van der Waals surface area contributed by atoms with Crippen molar-refractivity contribution in [2.75, 3.05) is 5.75 Å². The van der Waals surface area contributed by atoms with Gasteiger partial charge >= 0.3 is 0 Å². The van der Waals surface area contributed by atoms with Crippen molar-refractivity contribution in [3.05, 3.63) is 108 Å². The maximum atomic E-state index is 12.2. The van der Waals surface area contributed by atoms with Crippen LogP contribution in [-0.2, 0) is 10.5 Å². The molecule has 0 aliphatic carbocycles. The standard InChI is InChI=1S/C28H22N4OS3/c33-26(30-29-17-20-13-15-22(16-14-20)21-7-2-1-3-8-21)19-35-28-32-31-27(36-28)34-18-24-11-6-10-23-9-4-5-12-25(23)24/h1-17H,18-19H2,(H,30,33)/b29-17+. The SMILES string of the molecule is O=C(CSc1nnc(SCc2cccc3ccccc23)s1)N/N=C/c1ccc(-c2ccccc2)cc1. The number of fused-ring (bicyclic) bond motifs is 1. The van der Waals surface area contributed by atoms with Crippen LogP contribution in [0.4, 0.5) is 0 Å². The van der Waals surface area contributed by atoms with E-state index in [2.05, 4.69) is 75.3 Å². The number of carbonyl (C=O) groups excluding carboxylic acids is 1. The number of rotatable bonds is 9. The van der Waals surface area contributed by atoms with Crippen LogP contribution in [0, 0.1) is 0 Å². The van der Waals surface area contributed by atoms with E-state index in [-0.39, 0.29) is 11.7 Å². The van der Waals surface area contributed by atoms with Gasteiger partial charge in [-0.05, 0) is 33.0 Å². The second-order valence-electron chi connectivity index (χ2n) is 7.83. The molecule has 0 aliphatic heterocycles. The second-order valence-corrected chi connectivity index (χ2v) is 11.3. The number of amides is 1. The lowest BCUT2D eigenvalue weighted by molar-refractivity contribution is -0.118. The van der Waals surface area contributed by atoms with Gasteiger partial charge in [-0.1, -0.05) is 132 Å². The number of nitrogens with zero attached hydrogens (tertiary/aromatic N) is 3. The van der Waals surface area contributed by atoms with E-state index in [0.29, 0.717) is 0 Å². The first kappa shape index (κ1) is 24.2. The van der Waals surface area contributed by atoms with E-state index in [9.17, 15) is 4.79 Å². The van der Waals surface area contributed by atoms with Crippen molar-refractivity contribution in [2.45, 2.75) is 14.4 Å². The lowest BCUT2D eigenvalue weighted by Crippen LogP contribution is -2.19. The van der Waals surface area contributed by atoms with Crippen LogP contribution >= 0.6 is 34.9 Å². The van der Waals surface area contributed by atoms with E-state index in [1.54, 1.807) is 18.0 Å². The summed E-state index contributed by atoms with van der Waals surface area (Å²) in [5, 5.41) is 15.1. The Labute approximate surface area is 222 Å². The molecule has 4 aromatic carbocycles. The fraction of sp³-hybridized carbons (Fsp3) is 0.0714. The van der Waals surface area contributed by atoms with Crippen LogP contribution < -0.4 is 5.43 Å². The molecule has 5 nitrogen and oxygen atoms in total. The Morgan fingerprint density at radius 1 is 0.806 bits per heavy atom. The summed E-state index contributed by atoms with van der Waals surface area (Å²) in [6, 6.07) is 33.0. The molecule has 5 rings (SSSR count). The Bertz CT molecular complexity index is 1480. The zero-order valence-corrected chi connectivity index (χ0v) is 21.7. The van der Waals surface area contributed by atoms with Crippen molar-refractivity contribution < 1.29 is 4.79 Å². The molecule has 0 aliphatic rings. The van der Waals surface area contributed by atoms with Crippen molar-refractivity contribution in [2.24, 2.45) is 5.10 Å². The fourth-order valence-corrected chi connectivity index (χ4v) is 6.42. The highest BCUT2D eigenvalue weighted by atomic mass is 32.2. The highest BCUT2D eigenvalue weighted by Gasteiger charge is 2.09. The smallest absolute Gasteiger partial charge is 0.250 e. The first-order chi connectivity index (χ1) is 17.7. The van der Waals surface area contributed by atoms with Gasteiger partial charge in [0.15, 0.2) is 8.68 Å². The molecule has 8 heteroatoms. The first-order valence-electron chi connectivity index (χ1n) is 11.3. The highest BCUT2D eigenvalue weighted by molar-refractivity contribution is 8.03. The summed E-state index contributed by atoms with van der Waals surface area (Å²) in [4.78, 5) is 12.2. The lowest BCUT2D eigenvalue weighted by Gasteiger charge is -2.04. The van der Waals surface area contributed by atoms with Gasteiger partial charge in [0.25, 0.3) is 5.91 Å². The van der Waals surface area contributed by atoms with Crippen LogP contribution in [0.15, 0.2) is 111 Å². The number of nitrogens with one attached hydrogen (secondary N) is 1. The zero-order chi connectivity index (χ0) is 24.6. The molecule has 1 amide bonds. The molecular weight excluding hydrogens is 505 g/mol. The molecule has 0 spiro atoms. The molecule has 0 bridgehead atoms. The molecule has 0 atom stereocenters. The third-order valence-electron chi connectivity index (χ3n) is 5.37. The first-order valence-corrected chi connectivity index (χ1v) is 14.1. The third kappa shape index (κ3) is 6.40. The molecular formula is C28H22N4OS3. The quantitative estimate of drug-likeness (QED) is 0.129. The van der Waals surface area contributed by atoms with Crippen LogP contribution in [0.1, 0.15) is 11.1 Å². The molecule has 5 aromatic rings. The molecule has 36 heavy (non-hydrogen) atoms. The average molecular weight is 527 g/mol. The van der Waals surface area contributed by atoms with Gasteiger partial charge in [-0.25, -0.2) is 5.43 Å². The van der Waals surface area contributed by atoms with Crippen LogP contribution in [0.3, 0.4) is 0 Å². The van der Waals surface area contributed by atoms with E-state index in [4.69, 9.17) is 0 Å². The Morgan fingerprint density at radius 3 is 2.33 bits per heavy atom. The fourth-order valence-electron chi connectivity index (χ4n) is 3.60. The molecule has 1 N–H and O–H groups in total. The van der Waals surface area contributed by atoms with Crippen molar-refractivity contribution in [1.29, 1.82) is 0 Å². The molecule has 0 radical (unpaired) electrons. The summed E-state index contributed by atoms with van der Waals surface area (Å²) in [7, 11) is 0. The van der Waals surface area contributed by atoms with Gasteiger partial charge in [-0.2, -0.15) is 5.10 Å². The maximum Gasteiger partial charge on any atom is 0.250 e. The van der Waals surface area contributed by atoms with Gasteiger partial charge < -0.3 is 0 Å². The molecule has 0 saturated heterocycles. The minimum atomic E-state index is -0.183. The largest absolute Gasteiger partial charge is 0.272 e.